The van der Waals surface area contributed by atoms with Crippen LogP contribution in [0.1, 0.15) is 32.4 Å². The number of carboxylic acid groups (broad SMARTS) is 1. The van der Waals surface area contributed by atoms with Gasteiger partial charge >= 0.3 is 5.97 Å². The van der Waals surface area contributed by atoms with Crippen molar-refractivity contribution in [3.8, 4) is 0 Å². The van der Waals surface area contributed by atoms with Gasteiger partial charge in [0, 0.05) is 24.1 Å². The third-order valence-corrected chi connectivity index (χ3v) is 6.22. The summed E-state index contributed by atoms with van der Waals surface area (Å²) in [4.78, 5) is 56.5. The van der Waals surface area contributed by atoms with E-state index < -0.39 is 47.9 Å². The molecule has 0 radical (unpaired) electrons. The Morgan fingerprint density at radius 3 is 2.27 bits per heavy atom. The van der Waals surface area contributed by atoms with Crippen LogP contribution in [-0.2, 0) is 25.6 Å². The highest BCUT2D eigenvalue weighted by Gasteiger charge is 2.31. The molecule has 1 heterocycles. The number of nitrogens with one attached hydrogen (secondary N) is 4. The number of carboxylic acids is 1. The molecule has 3 amide bonds. The summed E-state index contributed by atoms with van der Waals surface area (Å²) in [6.45, 7) is 3.77. The number of H-pyrrole nitrogens is 1. The molecule has 1 aromatic rings. The second-order valence-electron chi connectivity index (χ2n) is 7.68. The van der Waals surface area contributed by atoms with Crippen molar-refractivity contribution < 1.29 is 24.3 Å². The third-order valence-electron chi connectivity index (χ3n) is 5.21. The summed E-state index contributed by atoms with van der Waals surface area (Å²) in [5.41, 5.74) is 6.57. The van der Waals surface area contributed by atoms with Crippen molar-refractivity contribution in [2.75, 3.05) is 17.8 Å². The van der Waals surface area contributed by atoms with Crippen LogP contribution in [0, 0.1) is 5.92 Å². The van der Waals surface area contributed by atoms with E-state index in [1.54, 1.807) is 0 Å². The first-order valence-electron chi connectivity index (χ1n) is 10.6. The Labute approximate surface area is 203 Å². The van der Waals surface area contributed by atoms with Crippen LogP contribution in [-0.4, -0.2) is 80.7 Å². The van der Waals surface area contributed by atoms with Gasteiger partial charge < -0.3 is 31.8 Å². The standard InChI is InChI=1S/C20H34N6O5S2/c1-4-11(2)16(21)19(29)24-13(5-6-33-3)17(27)25-14(7-12-8-22-10-23-12)18(28)26-15(9-32)20(30)31/h8,10-11,13-16,32H,4-7,9,21H2,1-3H3,(H,22,23)(H,24,29)(H,25,27)(H,26,28)(H,30,31). The summed E-state index contributed by atoms with van der Waals surface area (Å²) in [5.74, 6) is -2.53. The normalized spacial score (nSPS) is 15.5. The number of nitrogens with zero attached hydrogens (tertiary/aromatic N) is 1. The van der Waals surface area contributed by atoms with E-state index in [1.807, 2.05) is 20.1 Å². The Morgan fingerprint density at radius 2 is 1.76 bits per heavy atom. The molecule has 186 valence electrons. The molecule has 11 nitrogen and oxygen atoms in total. The number of hydrogen-bond acceptors (Lipinski definition) is 8. The van der Waals surface area contributed by atoms with Gasteiger partial charge in [0.15, 0.2) is 0 Å². The molecular weight excluding hydrogens is 468 g/mol. The molecule has 7 N–H and O–H groups in total. The largest absolute Gasteiger partial charge is 0.480 e. The number of thiol groups is 1. The van der Waals surface area contributed by atoms with Gasteiger partial charge in [0.2, 0.25) is 17.7 Å². The maximum atomic E-state index is 13.1. The minimum Gasteiger partial charge on any atom is -0.480 e. The molecule has 0 aliphatic heterocycles. The molecule has 0 fully saturated rings. The van der Waals surface area contributed by atoms with Gasteiger partial charge in [0.05, 0.1) is 12.4 Å². The topological polar surface area (TPSA) is 179 Å². The van der Waals surface area contributed by atoms with Gasteiger partial charge in [-0.2, -0.15) is 24.4 Å². The highest BCUT2D eigenvalue weighted by Crippen LogP contribution is 2.08. The molecule has 0 aliphatic carbocycles. The van der Waals surface area contributed by atoms with Gasteiger partial charge in [-0.1, -0.05) is 20.3 Å². The van der Waals surface area contributed by atoms with E-state index in [0.717, 1.165) is 0 Å². The number of hydrogen-bond donors (Lipinski definition) is 7. The van der Waals surface area contributed by atoms with Crippen molar-refractivity contribution in [3.63, 3.8) is 0 Å². The van der Waals surface area contributed by atoms with E-state index in [0.29, 0.717) is 24.3 Å². The minimum absolute atomic E-state index is 0.0477. The molecule has 0 saturated heterocycles. The van der Waals surface area contributed by atoms with E-state index in [-0.39, 0.29) is 18.1 Å². The molecule has 5 atom stereocenters. The number of aromatic amines is 1. The number of amides is 3. The van der Waals surface area contributed by atoms with Crippen molar-refractivity contribution >= 4 is 48.1 Å². The van der Waals surface area contributed by atoms with Crippen LogP contribution < -0.4 is 21.7 Å². The Kier molecular flexibility index (Phi) is 12.9. The van der Waals surface area contributed by atoms with Gasteiger partial charge in [-0.05, 0) is 24.3 Å². The van der Waals surface area contributed by atoms with Crippen LogP contribution in [0.2, 0.25) is 0 Å². The summed E-state index contributed by atoms with van der Waals surface area (Å²) in [7, 11) is 0. The SMILES string of the molecule is CCC(C)C(N)C(=O)NC(CCSC)C(=O)NC(Cc1cnc[nH]1)C(=O)NC(CS)C(=O)O. The fourth-order valence-electron chi connectivity index (χ4n) is 2.84. The number of thioether (sulfide) groups is 1. The molecule has 0 saturated carbocycles. The third kappa shape index (κ3) is 9.64. The van der Waals surface area contributed by atoms with E-state index >= 15 is 0 Å². The van der Waals surface area contributed by atoms with Crippen molar-refractivity contribution in [1.29, 1.82) is 0 Å². The maximum Gasteiger partial charge on any atom is 0.327 e. The number of rotatable bonds is 15. The number of aromatic nitrogens is 2. The van der Waals surface area contributed by atoms with Crippen molar-refractivity contribution in [3.05, 3.63) is 18.2 Å². The first-order chi connectivity index (χ1) is 15.6. The monoisotopic (exact) mass is 502 g/mol. The Balaban J connectivity index is 3.01. The smallest absolute Gasteiger partial charge is 0.327 e. The Hall–Kier alpha value is -2.25. The zero-order valence-corrected chi connectivity index (χ0v) is 20.7. The van der Waals surface area contributed by atoms with Gasteiger partial charge in [-0.15, -0.1) is 0 Å². The molecule has 0 spiro atoms. The van der Waals surface area contributed by atoms with E-state index in [1.165, 1.54) is 24.3 Å². The molecule has 0 bridgehead atoms. The lowest BCUT2D eigenvalue weighted by Crippen LogP contribution is -2.58. The van der Waals surface area contributed by atoms with Gasteiger partial charge in [-0.3, -0.25) is 14.4 Å². The maximum absolute atomic E-state index is 13.1. The van der Waals surface area contributed by atoms with Crippen molar-refractivity contribution in [2.24, 2.45) is 11.7 Å². The highest BCUT2D eigenvalue weighted by atomic mass is 32.2. The molecular formula is C20H34N6O5S2. The summed E-state index contributed by atoms with van der Waals surface area (Å²) >= 11 is 5.46. The predicted octanol–water partition coefficient (Wildman–Crippen LogP) is -0.452. The second-order valence-corrected chi connectivity index (χ2v) is 9.03. The van der Waals surface area contributed by atoms with Crippen LogP contribution in [0.3, 0.4) is 0 Å². The lowest BCUT2D eigenvalue weighted by Gasteiger charge is -2.25. The lowest BCUT2D eigenvalue weighted by atomic mass is 9.99. The summed E-state index contributed by atoms with van der Waals surface area (Å²) < 4.78 is 0. The van der Waals surface area contributed by atoms with Crippen molar-refractivity contribution in [2.45, 2.75) is 57.3 Å². The fraction of sp³-hybridized carbons (Fsp3) is 0.650. The number of aliphatic carboxylic acids is 1. The molecule has 33 heavy (non-hydrogen) atoms. The van der Waals surface area contributed by atoms with E-state index in [9.17, 15) is 24.3 Å². The number of imidazole rings is 1. The van der Waals surface area contributed by atoms with Crippen LogP contribution in [0.4, 0.5) is 0 Å². The predicted molar refractivity (Wildman–Crippen MR) is 130 cm³/mol. The molecule has 0 aliphatic rings. The average molecular weight is 503 g/mol. The fourth-order valence-corrected chi connectivity index (χ4v) is 3.56. The van der Waals surface area contributed by atoms with Gasteiger partial charge in [-0.25, -0.2) is 9.78 Å². The van der Waals surface area contributed by atoms with Crippen molar-refractivity contribution in [1.82, 2.24) is 25.9 Å². The Morgan fingerprint density at radius 1 is 1.15 bits per heavy atom. The van der Waals surface area contributed by atoms with Crippen LogP contribution in [0.5, 0.6) is 0 Å². The second kappa shape index (κ2) is 14.8. The summed E-state index contributed by atoms with van der Waals surface area (Å²) in [6.07, 6.45) is 5.89. The van der Waals surface area contributed by atoms with Crippen LogP contribution >= 0.6 is 24.4 Å². The average Bonchev–Trinajstić information content (AvgIpc) is 3.31. The van der Waals surface area contributed by atoms with Crippen LogP contribution in [0.15, 0.2) is 12.5 Å². The van der Waals surface area contributed by atoms with Gasteiger partial charge in [0.25, 0.3) is 0 Å². The number of nitrogens with two attached hydrogens (primary N) is 1. The highest BCUT2D eigenvalue weighted by molar-refractivity contribution is 7.98. The molecule has 5 unspecified atom stereocenters. The zero-order valence-electron chi connectivity index (χ0n) is 19.0. The lowest BCUT2D eigenvalue weighted by molar-refractivity contribution is -0.141. The number of carbonyl (C=O) groups is 4. The van der Waals surface area contributed by atoms with E-state index in [4.69, 9.17) is 5.73 Å². The van der Waals surface area contributed by atoms with Crippen LogP contribution in [0.25, 0.3) is 0 Å². The molecule has 13 heteroatoms. The van der Waals surface area contributed by atoms with Gasteiger partial charge in [0.1, 0.15) is 18.1 Å². The molecule has 1 rings (SSSR count). The summed E-state index contributed by atoms with van der Waals surface area (Å²) in [5, 5.41) is 16.9. The zero-order chi connectivity index (χ0) is 25.0. The van der Waals surface area contributed by atoms with E-state index in [2.05, 4.69) is 38.5 Å². The molecule has 0 aromatic carbocycles. The first kappa shape index (κ1) is 28.8. The first-order valence-corrected chi connectivity index (χ1v) is 12.6. The minimum atomic E-state index is -1.24. The number of carbonyl (C=O) groups excluding carboxylic acids is 3. The quantitative estimate of drug-likeness (QED) is 0.158. The Bertz CT molecular complexity index is 779. The molecule has 1 aromatic heterocycles. The summed E-state index contributed by atoms with van der Waals surface area (Å²) in [6, 6.07) is -3.99.